The van der Waals surface area contributed by atoms with E-state index in [4.69, 9.17) is 0 Å². The highest BCUT2D eigenvalue weighted by Gasteiger charge is 2.29. The molecule has 24 heavy (non-hydrogen) atoms. The second-order valence-electron chi connectivity index (χ2n) is 6.86. The summed E-state index contributed by atoms with van der Waals surface area (Å²) in [5, 5.41) is 0. The van der Waals surface area contributed by atoms with Crippen LogP contribution in [0.1, 0.15) is 29.6 Å². The molecular weight excluding hydrogens is 296 g/mol. The van der Waals surface area contributed by atoms with Crippen LogP contribution in [-0.2, 0) is 0 Å². The lowest BCUT2D eigenvalue weighted by Gasteiger charge is -2.43. The van der Waals surface area contributed by atoms with Crippen molar-refractivity contribution in [1.29, 1.82) is 0 Å². The van der Waals surface area contributed by atoms with Gasteiger partial charge >= 0.3 is 0 Å². The smallest absolute Gasteiger partial charge is 0.253 e. The highest BCUT2D eigenvalue weighted by atomic mass is 16.2. The Bertz CT molecular complexity index is 684. The van der Waals surface area contributed by atoms with Gasteiger partial charge in [0.15, 0.2) is 0 Å². The molecule has 0 atom stereocenters. The van der Waals surface area contributed by atoms with Crippen LogP contribution in [0.5, 0.6) is 0 Å². The van der Waals surface area contributed by atoms with Gasteiger partial charge in [0.1, 0.15) is 0 Å². The van der Waals surface area contributed by atoms with Gasteiger partial charge in [0.2, 0.25) is 0 Å². The average molecular weight is 320 g/mol. The first-order valence-corrected chi connectivity index (χ1v) is 9.00. The molecule has 2 fully saturated rings. The lowest BCUT2D eigenvalue weighted by Crippen LogP contribution is -2.51. The van der Waals surface area contributed by atoms with Crippen LogP contribution in [0.15, 0.2) is 54.6 Å². The van der Waals surface area contributed by atoms with Crippen LogP contribution in [0.4, 0.5) is 0 Å². The lowest BCUT2D eigenvalue weighted by molar-refractivity contribution is 0.0489. The molecular formula is C21H24N2O. The highest BCUT2D eigenvalue weighted by Crippen LogP contribution is 2.23. The number of amides is 1. The molecule has 3 nitrogen and oxygen atoms in total. The molecule has 1 amide bonds. The van der Waals surface area contributed by atoms with Gasteiger partial charge in [-0.25, -0.2) is 0 Å². The molecule has 2 aliphatic heterocycles. The van der Waals surface area contributed by atoms with Crippen molar-refractivity contribution in [2.75, 3.05) is 26.2 Å². The maximum absolute atomic E-state index is 12.7. The maximum atomic E-state index is 12.7. The Labute approximate surface area is 143 Å². The zero-order valence-electron chi connectivity index (χ0n) is 14.0. The molecule has 124 valence electrons. The maximum Gasteiger partial charge on any atom is 0.253 e. The van der Waals surface area contributed by atoms with E-state index in [9.17, 15) is 4.79 Å². The van der Waals surface area contributed by atoms with E-state index >= 15 is 0 Å². The van der Waals surface area contributed by atoms with Crippen molar-refractivity contribution in [3.05, 3.63) is 60.2 Å². The first-order chi connectivity index (χ1) is 11.8. The summed E-state index contributed by atoms with van der Waals surface area (Å²) in [6.07, 6.45) is 3.58. The summed E-state index contributed by atoms with van der Waals surface area (Å²) in [7, 11) is 0. The number of rotatable bonds is 3. The van der Waals surface area contributed by atoms with E-state index in [-0.39, 0.29) is 5.91 Å². The van der Waals surface area contributed by atoms with Gasteiger partial charge in [0.25, 0.3) is 5.91 Å². The van der Waals surface area contributed by atoms with E-state index in [0.717, 1.165) is 37.1 Å². The molecule has 0 bridgehead atoms. The molecule has 0 radical (unpaired) electrons. The van der Waals surface area contributed by atoms with Crippen molar-refractivity contribution in [2.45, 2.75) is 25.3 Å². The van der Waals surface area contributed by atoms with E-state index in [2.05, 4.69) is 29.2 Å². The summed E-state index contributed by atoms with van der Waals surface area (Å²) in [4.78, 5) is 17.3. The molecule has 4 rings (SSSR count). The van der Waals surface area contributed by atoms with Crippen LogP contribution in [0.2, 0.25) is 0 Å². The normalized spacial score (nSPS) is 19.1. The summed E-state index contributed by atoms with van der Waals surface area (Å²) >= 11 is 0. The third kappa shape index (κ3) is 3.09. The molecule has 2 aliphatic rings. The minimum atomic E-state index is 0.177. The highest BCUT2D eigenvalue weighted by molar-refractivity contribution is 5.94. The topological polar surface area (TPSA) is 23.6 Å². The van der Waals surface area contributed by atoms with Crippen LogP contribution in [0.25, 0.3) is 11.1 Å². The Balaban J connectivity index is 1.40. The molecule has 2 aromatic rings. The summed E-state index contributed by atoms with van der Waals surface area (Å²) in [6, 6.07) is 19.0. The number of hydrogen-bond acceptors (Lipinski definition) is 2. The Hall–Kier alpha value is -2.13. The number of hydrogen-bond donors (Lipinski definition) is 0. The van der Waals surface area contributed by atoms with Crippen LogP contribution >= 0.6 is 0 Å². The minimum Gasteiger partial charge on any atom is -0.339 e. The molecule has 0 aliphatic carbocycles. The molecule has 3 heteroatoms. The Morgan fingerprint density at radius 2 is 1.42 bits per heavy atom. The van der Waals surface area contributed by atoms with E-state index in [1.807, 2.05) is 35.2 Å². The van der Waals surface area contributed by atoms with Gasteiger partial charge in [-0.15, -0.1) is 0 Å². The number of carbonyl (C=O) groups is 1. The summed E-state index contributed by atoms with van der Waals surface area (Å²) in [5.74, 6) is 0.177. The van der Waals surface area contributed by atoms with Gasteiger partial charge in [-0.2, -0.15) is 0 Å². The second-order valence-corrected chi connectivity index (χ2v) is 6.86. The van der Waals surface area contributed by atoms with Gasteiger partial charge in [-0.3, -0.25) is 4.79 Å². The van der Waals surface area contributed by atoms with Gasteiger partial charge in [0.05, 0.1) is 0 Å². The molecule has 2 aromatic carbocycles. The third-order valence-electron chi connectivity index (χ3n) is 5.40. The Morgan fingerprint density at radius 3 is 2.00 bits per heavy atom. The van der Waals surface area contributed by atoms with E-state index in [0.29, 0.717) is 6.04 Å². The monoisotopic (exact) mass is 320 g/mol. The predicted octanol–water partition coefficient (Wildman–Crippen LogP) is 3.66. The predicted molar refractivity (Wildman–Crippen MR) is 97.0 cm³/mol. The fourth-order valence-corrected chi connectivity index (χ4v) is 3.76. The number of nitrogens with zero attached hydrogens (tertiary/aromatic N) is 2. The Kier molecular flexibility index (Phi) is 4.35. The second kappa shape index (κ2) is 6.78. The zero-order chi connectivity index (χ0) is 16.4. The molecule has 0 unspecified atom stereocenters. The molecule has 0 spiro atoms. The van der Waals surface area contributed by atoms with Crippen LogP contribution in [0, 0.1) is 0 Å². The first-order valence-electron chi connectivity index (χ1n) is 9.00. The summed E-state index contributed by atoms with van der Waals surface area (Å²) < 4.78 is 0. The zero-order valence-corrected chi connectivity index (χ0v) is 14.0. The molecule has 0 aromatic heterocycles. The molecule has 0 saturated carbocycles. The number of likely N-dealkylation sites (tertiary alicyclic amines) is 2. The van der Waals surface area contributed by atoms with E-state index < -0.39 is 0 Å². The number of benzene rings is 2. The van der Waals surface area contributed by atoms with E-state index in [1.165, 1.54) is 25.1 Å². The number of piperidine rings is 1. The summed E-state index contributed by atoms with van der Waals surface area (Å²) in [6.45, 7) is 4.28. The number of carbonyl (C=O) groups excluding carboxylic acids is 1. The fourth-order valence-electron chi connectivity index (χ4n) is 3.76. The van der Waals surface area contributed by atoms with Crippen molar-refractivity contribution in [1.82, 2.24) is 9.80 Å². The van der Waals surface area contributed by atoms with Gasteiger partial charge < -0.3 is 9.80 Å². The third-order valence-corrected chi connectivity index (χ3v) is 5.40. The Morgan fingerprint density at radius 1 is 0.792 bits per heavy atom. The van der Waals surface area contributed by atoms with Crippen molar-refractivity contribution in [3.63, 3.8) is 0 Å². The SMILES string of the molecule is O=C(c1ccc(-c2ccccc2)cc1)N1CCC(N2CCC2)CC1. The van der Waals surface area contributed by atoms with Crippen LogP contribution in [0.3, 0.4) is 0 Å². The lowest BCUT2D eigenvalue weighted by atomic mass is 9.98. The summed E-state index contributed by atoms with van der Waals surface area (Å²) in [5.41, 5.74) is 3.15. The van der Waals surface area contributed by atoms with Crippen LogP contribution < -0.4 is 0 Å². The largest absolute Gasteiger partial charge is 0.339 e. The standard InChI is InChI=1S/C21H24N2O/c24-21(23-15-11-20(12-16-23)22-13-4-14-22)19-9-7-18(8-10-19)17-5-2-1-3-6-17/h1-3,5-10,20H,4,11-16H2. The molecule has 2 heterocycles. The van der Waals surface area contributed by atoms with Gasteiger partial charge in [-0.05, 0) is 55.6 Å². The molecule has 2 saturated heterocycles. The van der Waals surface area contributed by atoms with Gasteiger partial charge in [0, 0.05) is 24.7 Å². The van der Waals surface area contributed by atoms with E-state index in [1.54, 1.807) is 0 Å². The van der Waals surface area contributed by atoms with Crippen molar-refractivity contribution < 1.29 is 4.79 Å². The van der Waals surface area contributed by atoms with Crippen molar-refractivity contribution in [3.8, 4) is 11.1 Å². The van der Waals surface area contributed by atoms with Gasteiger partial charge in [-0.1, -0.05) is 42.5 Å². The minimum absolute atomic E-state index is 0.177. The average Bonchev–Trinajstić information content (AvgIpc) is 2.61. The first kappa shape index (κ1) is 15.4. The van der Waals surface area contributed by atoms with Crippen molar-refractivity contribution >= 4 is 5.91 Å². The van der Waals surface area contributed by atoms with Crippen LogP contribution in [-0.4, -0.2) is 47.9 Å². The molecule has 0 N–H and O–H groups in total. The van der Waals surface area contributed by atoms with Crippen molar-refractivity contribution in [2.24, 2.45) is 0 Å². The fraction of sp³-hybridized carbons (Fsp3) is 0.381. The quantitative estimate of drug-likeness (QED) is 0.861.